The molecule has 1 fully saturated rings. The number of anilines is 1. The van der Waals surface area contributed by atoms with Crippen LogP contribution < -0.4 is 4.90 Å². The molecule has 0 radical (unpaired) electrons. The SMILES string of the molecule is Cc1cc(C)c2sc(N(Cc3ccco3)C(=O)C3CCCCC3)nc2c1. The van der Waals surface area contributed by atoms with Gasteiger partial charge in [-0.15, -0.1) is 0 Å². The first-order chi connectivity index (χ1) is 12.6. The van der Waals surface area contributed by atoms with Gasteiger partial charge in [0.05, 0.1) is 23.0 Å². The van der Waals surface area contributed by atoms with E-state index >= 15 is 0 Å². The van der Waals surface area contributed by atoms with Gasteiger partial charge in [-0.05, 0) is 56.0 Å². The zero-order chi connectivity index (χ0) is 18.1. The van der Waals surface area contributed by atoms with Crippen molar-refractivity contribution >= 4 is 32.6 Å². The lowest BCUT2D eigenvalue weighted by atomic mass is 9.88. The number of carbonyl (C=O) groups excluding carboxylic acids is 1. The normalized spacial score (nSPS) is 15.5. The van der Waals surface area contributed by atoms with Gasteiger partial charge >= 0.3 is 0 Å². The molecular weight excluding hydrogens is 344 g/mol. The second-order valence-corrected chi connectivity index (χ2v) is 8.24. The summed E-state index contributed by atoms with van der Waals surface area (Å²) in [4.78, 5) is 20.0. The van der Waals surface area contributed by atoms with Crippen LogP contribution in [0.3, 0.4) is 0 Å². The predicted molar refractivity (Wildman–Crippen MR) is 106 cm³/mol. The molecule has 1 aliphatic carbocycles. The molecule has 0 saturated heterocycles. The van der Waals surface area contributed by atoms with E-state index in [9.17, 15) is 4.79 Å². The summed E-state index contributed by atoms with van der Waals surface area (Å²) in [6, 6.07) is 8.05. The molecule has 0 N–H and O–H groups in total. The third-order valence-electron chi connectivity index (χ3n) is 5.15. The van der Waals surface area contributed by atoms with Crippen molar-refractivity contribution in [1.82, 2.24) is 4.98 Å². The Bertz CT molecular complexity index is 908. The number of amides is 1. The quantitative estimate of drug-likeness (QED) is 0.600. The van der Waals surface area contributed by atoms with Crippen LogP contribution >= 0.6 is 11.3 Å². The van der Waals surface area contributed by atoms with Gasteiger partial charge in [0.2, 0.25) is 5.91 Å². The summed E-state index contributed by atoms with van der Waals surface area (Å²) in [7, 11) is 0. The fourth-order valence-electron chi connectivity index (χ4n) is 3.85. The minimum Gasteiger partial charge on any atom is -0.467 e. The Hall–Kier alpha value is -2.14. The van der Waals surface area contributed by atoms with Gasteiger partial charge in [0.25, 0.3) is 0 Å². The molecule has 0 atom stereocenters. The summed E-state index contributed by atoms with van der Waals surface area (Å²) in [6.07, 6.45) is 7.14. The maximum absolute atomic E-state index is 13.3. The topological polar surface area (TPSA) is 46.3 Å². The molecule has 1 saturated carbocycles. The second-order valence-electron chi connectivity index (χ2n) is 7.27. The fourth-order valence-corrected chi connectivity index (χ4v) is 4.87. The van der Waals surface area contributed by atoms with Gasteiger partial charge in [-0.3, -0.25) is 9.69 Å². The Morgan fingerprint density at radius 3 is 2.81 bits per heavy atom. The van der Waals surface area contributed by atoms with E-state index in [1.165, 1.54) is 17.5 Å². The number of carbonyl (C=O) groups is 1. The Balaban J connectivity index is 1.72. The number of hydrogen-bond acceptors (Lipinski definition) is 4. The molecule has 1 aromatic carbocycles. The molecule has 2 heterocycles. The number of aryl methyl sites for hydroxylation is 2. The van der Waals surface area contributed by atoms with E-state index in [0.717, 1.165) is 46.8 Å². The number of nitrogens with zero attached hydrogens (tertiary/aromatic N) is 2. The molecule has 4 nitrogen and oxygen atoms in total. The highest BCUT2D eigenvalue weighted by molar-refractivity contribution is 7.22. The van der Waals surface area contributed by atoms with Crippen molar-refractivity contribution in [2.75, 3.05) is 4.90 Å². The van der Waals surface area contributed by atoms with Crippen LogP contribution in [0.4, 0.5) is 5.13 Å². The number of fused-ring (bicyclic) bond motifs is 1. The standard InChI is InChI=1S/C21H24N2O2S/c1-14-11-15(2)19-18(12-14)22-21(26-19)23(13-17-9-6-10-25-17)20(24)16-7-4-3-5-8-16/h6,9-12,16H,3-5,7-8,13H2,1-2H3. The Morgan fingerprint density at radius 1 is 1.27 bits per heavy atom. The third kappa shape index (κ3) is 3.40. The minimum absolute atomic E-state index is 0.105. The molecule has 26 heavy (non-hydrogen) atoms. The summed E-state index contributed by atoms with van der Waals surface area (Å²) < 4.78 is 6.68. The van der Waals surface area contributed by atoms with Crippen LogP contribution in [0.15, 0.2) is 34.9 Å². The maximum Gasteiger partial charge on any atom is 0.232 e. The molecule has 0 spiro atoms. The first-order valence-electron chi connectivity index (χ1n) is 9.33. The summed E-state index contributed by atoms with van der Waals surface area (Å²) in [5.41, 5.74) is 3.39. The number of benzene rings is 1. The van der Waals surface area contributed by atoms with Gasteiger partial charge in [0.15, 0.2) is 5.13 Å². The monoisotopic (exact) mass is 368 g/mol. The van der Waals surface area contributed by atoms with Gasteiger partial charge in [-0.2, -0.15) is 0 Å². The van der Waals surface area contributed by atoms with Crippen LogP contribution in [0.5, 0.6) is 0 Å². The van der Waals surface area contributed by atoms with Crippen molar-refractivity contribution < 1.29 is 9.21 Å². The van der Waals surface area contributed by atoms with Crippen LogP contribution in [0, 0.1) is 19.8 Å². The van der Waals surface area contributed by atoms with Crippen molar-refractivity contribution in [3.8, 4) is 0 Å². The third-order valence-corrected chi connectivity index (χ3v) is 6.38. The predicted octanol–water partition coefficient (Wildman–Crippen LogP) is 5.62. The van der Waals surface area contributed by atoms with Crippen molar-refractivity contribution in [2.45, 2.75) is 52.5 Å². The molecule has 5 heteroatoms. The highest BCUT2D eigenvalue weighted by Gasteiger charge is 2.29. The molecule has 1 amide bonds. The average Bonchev–Trinajstić information content (AvgIpc) is 3.29. The summed E-state index contributed by atoms with van der Waals surface area (Å²) in [5.74, 6) is 1.09. The lowest BCUT2D eigenvalue weighted by molar-refractivity contribution is -0.123. The molecule has 0 unspecified atom stereocenters. The Morgan fingerprint density at radius 2 is 2.08 bits per heavy atom. The van der Waals surface area contributed by atoms with E-state index in [0.29, 0.717) is 6.54 Å². The lowest BCUT2D eigenvalue weighted by Crippen LogP contribution is -2.36. The van der Waals surface area contributed by atoms with Gasteiger partial charge in [-0.25, -0.2) is 4.98 Å². The first kappa shape index (κ1) is 17.3. The van der Waals surface area contributed by atoms with Crippen LogP contribution in [0.25, 0.3) is 10.2 Å². The molecule has 2 aromatic heterocycles. The van der Waals surface area contributed by atoms with E-state index in [4.69, 9.17) is 9.40 Å². The maximum atomic E-state index is 13.3. The van der Waals surface area contributed by atoms with Gasteiger partial charge in [-0.1, -0.05) is 36.7 Å². The van der Waals surface area contributed by atoms with Crippen LogP contribution in [0.2, 0.25) is 0 Å². The molecule has 4 rings (SSSR count). The number of rotatable bonds is 4. The minimum atomic E-state index is 0.105. The van der Waals surface area contributed by atoms with Gasteiger partial charge < -0.3 is 4.42 Å². The highest BCUT2D eigenvalue weighted by Crippen LogP contribution is 2.35. The fraction of sp³-hybridized carbons (Fsp3) is 0.429. The number of thiazole rings is 1. The van der Waals surface area contributed by atoms with Crippen LogP contribution in [0.1, 0.15) is 49.0 Å². The largest absolute Gasteiger partial charge is 0.467 e. The zero-order valence-electron chi connectivity index (χ0n) is 15.3. The lowest BCUT2D eigenvalue weighted by Gasteiger charge is -2.27. The molecule has 0 aliphatic heterocycles. The molecular formula is C21H24N2O2S. The summed E-state index contributed by atoms with van der Waals surface area (Å²) in [5, 5.41) is 0.778. The smallest absolute Gasteiger partial charge is 0.232 e. The summed E-state index contributed by atoms with van der Waals surface area (Å²) in [6.45, 7) is 4.64. The number of hydrogen-bond donors (Lipinski definition) is 0. The highest BCUT2D eigenvalue weighted by atomic mass is 32.1. The first-order valence-corrected chi connectivity index (χ1v) is 10.1. The molecule has 0 bridgehead atoms. The Kier molecular flexibility index (Phi) is 4.81. The van der Waals surface area contributed by atoms with Crippen LogP contribution in [-0.2, 0) is 11.3 Å². The molecule has 136 valence electrons. The van der Waals surface area contributed by atoms with Crippen molar-refractivity contribution in [3.05, 3.63) is 47.4 Å². The van der Waals surface area contributed by atoms with Crippen LogP contribution in [-0.4, -0.2) is 10.9 Å². The van der Waals surface area contributed by atoms with E-state index in [1.807, 2.05) is 17.0 Å². The van der Waals surface area contributed by atoms with Crippen molar-refractivity contribution in [2.24, 2.45) is 5.92 Å². The van der Waals surface area contributed by atoms with E-state index in [-0.39, 0.29) is 11.8 Å². The van der Waals surface area contributed by atoms with Crippen molar-refractivity contribution in [3.63, 3.8) is 0 Å². The second kappa shape index (κ2) is 7.23. The average molecular weight is 369 g/mol. The van der Waals surface area contributed by atoms with Gasteiger partial charge in [0.1, 0.15) is 5.76 Å². The van der Waals surface area contributed by atoms with E-state index in [1.54, 1.807) is 17.6 Å². The number of aromatic nitrogens is 1. The van der Waals surface area contributed by atoms with E-state index < -0.39 is 0 Å². The van der Waals surface area contributed by atoms with Gasteiger partial charge in [0, 0.05) is 5.92 Å². The molecule has 3 aromatic rings. The summed E-state index contributed by atoms with van der Waals surface area (Å²) >= 11 is 1.61. The van der Waals surface area contributed by atoms with E-state index in [2.05, 4.69) is 26.0 Å². The van der Waals surface area contributed by atoms with Crippen molar-refractivity contribution in [1.29, 1.82) is 0 Å². The number of furan rings is 1. The zero-order valence-corrected chi connectivity index (χ0v) is 16.1. The molecule has 1 aliphatic rings. The Labute approximate surface area is 157 Å².